The number of hydrogen-bond donors (Lipinski definition) is 0. The van der Waals surface area contributed by atoms with E-state index < -0.39 is 0 Å². The van der Waals surface area contributed by atoms with E-state index in [1.54, 1.807) is 6.07 Å². The molecule has 0 amide bonds. The molecule has 19 heavy (non-hydrogen) atoms. The number of rotatable bonds is 2. The Morgan fingerprint density at radius 2 is 2.16 bits per heavy atom. The van der Waals surface area contributed by atoms with Crippen molar-refractivity contribution in [1.82, 2.24) is 4.90 Å². The van der Waals surface area contributed by atoms with Gasteiger partial charge in [0.1, 0.15) is 5.82 Å². The maximum absolute atomic E-state index is 13.8. The van der Waals surface area contributed by atoms with Crippen LogP contribution in [-0.2, 0) is 6.54 Å². The predicted octanol–water partition coefficient (Wildman–Crippen LogP) is 3.57. The molecule has 102 valence electrons. The molecular formula is C16H21FN2. The highest BCUT2D eigenvalue weighted by atomic mass is 19.1. The minimum absolute atomic E-state index is 0.210. The second-order valence-corrected chi connectivity index (χ2v) is 6.50. The summed E-state index contributed by atoms with van der Waals surface area (Å²) in [4.78, 5) is 2.29. The van der Waals surface area contributed by atoms with Gasteiger partial charge in [0, 0.05) is 18.7 Å². The van der Waals surface area contributed by atoms with Crippen LogP contribution in [0.5, 0.6) is 0 Å². The largest absolute Gasteiger partial charge is 0.299 e. The highest BCUT2D eigenvalue weighted by molar-refractivity contribution is 5.33. The van der Waals surface area contributed by atoms with Crippen LogP contribution in [0.3, 0.4) is 0 Å². The van der Waals surface area contributed by atoms with Crippen molar-refractivity contribution in [2.24, 2.45) is 11.3 Å². The molecule has 1 unspecified atom stereocenters. The molecule has 1 heterocycles. The van der Waals surface area contributed by atoms with Crippen molar-refractivity contribution in [3.63, 3.8) is 0 Å². The van der Waals surface area contributed by atoms with Crippen LogP contribution >= 0.6 is 0 Å². The van der Waals surface area contributed by atoms with Gasteiger partial charge in [-0.3, -0.25) is 4.90 Å². The maximum atomic E-state index is 13.8. The molecule has 1 aliphatic rings. The molecule has 3 heteroatoms. The number of nitriles is 1. The summed E-state index contributed by atoms with van der Waals surface area (Å²) in [5.41, 5.74) is 1.47. The number of likely N-dealkylation sites (tertiary alicyclic amines) is 1. The molecule has 1 fully saturated rings. The summed E-state index contributed by atoms with van der Waals surface area (Å²) in [6, 6.07) is 6.66. The Hall–Kier alpha value is -1.40. The fourth-order valence-corrected chi connectivity index (χ4v) is 2.69. The molecule has 0 aliphatic carbocycles. The van der Waals surface area contributed by atoms with Gasteiger partial charge in [-0.2, -0.15) is 5.26 Å². The first kappa shape index (κ1) is 14.0. The van der Waals surface area contributed by atoms with E-state index >= 15 is 0 Å². The van der Waals surface area contributed by atoms with Crippen LogP contribution in [0.2, 0.25) is 0 Å². The normalized spacial score (nSPS) is 20.5. The Balaban J connectivity index is 2.05. The van der Waals surface area contributed by atoms with Crippen molar-refractivity contribution >= 4 is 0 Å². The first-order valence-electron chi connectivity index (χ1n) is 6.81. The molecule has 0 saturated carbocycles. The van der Waals surface area contributed by atoms with Crippen molar-refractivity contribution in [1.29, 1.82) is 5.26 Å². The van der Waals surface area contributed by atoms with Gasteiger partial charge in [0.15, 0.2) is 0 Å². The lowest BCUT2D eigenvalue weighted by Gasteiger charge is -2.27. The first-order valence-corrected chi connectivity index (χ1v) is 6.81. The zero-order valence-electron chi connectivity index (χ0n) is 11.9. The standard InChI is InChI=1S/C16H21FN2/c1-16(2,3)14-6-7-19(11-14)10-13-8-12(9-18)4-5-15(13)17/h4-5,8,14H,6-7,10-11H2,1-3H3. The fraction of sp³-hybridized carbons (Fsp3) is 0.562. The van der Waals surface area contributed by atoms with Gasteiger partial charge in [0.2, 0.25) is 0 Å². The van der Waals surface area contributed by atoms with Gasteiger partial charge in [-0.05, 0) is 42.5 Å². The van der Waals surface area contributed by atoms with E-state index in [9.17, 15) is 4.39 Å². The quantitative estimate of drug-likeness (QED) is 0.813. The van der Waals surface area contributed by atoms with Gasteiger partial charge < -0.3 is 0 Å². The first-order chi connectivity index (χ1) is 8.90. The molecule has 2 rings (SSSR count). The van der Waals surface area contributed by atoms with Gasteiger partial charge in [0.25, 0.3) is 0 Å². The van der Waals surface area contributed by atoms with Crippen LogP contribution in [0.15, 0.2) is 18.2 Å². The van der Waals surface area contributed by atoms with Gasteiger partial charge in [-0.25, -0.2) is 4.39 Å². The van der Waals surface area contributed by atoms with E-state index in [-0.39, 0.29) is 5.82 Å². The van der Waals surface area contributed by atoms with Crippen LogP contribution in [0.1, 0.15) is 38.3 Å². The third kappa shape index (κ3) is 3.33. The van der Waals surface area contributed by atoms with Crippen LogP contribution in [0.4, 0.5) is 4.39 Å². The van der Waals surface area contributed by atoms with Gasteiger partial charge in [-0.1, -0.05) is 20.8 Å². The van der Waals surface area contributed by atoms with E-state index in [2.05, 4.69) is 31.7 Å². The highest BCUT2D eigenvalue weighted by Gasteiger charge is 2.31. The van der Waals surface area contributed by atoms with Crippen molar-refractivity contribution in [3.8, 4) is 6.07 Å². The SMILES string of the molecule is CC(C)(C)C1CCN(Cc2cc(C#N)ccc2F)C1. The Labute approximate surface area is 114 Å². The lowest BCUT2D eigenvalue weighted by molar-refractivity contribution is 0.225. The van der Waals surface area contributed by atoms with E-state index in [0.29, 0.717) is 29.0 Å². The Morgan fingerprint density at radius 1 is 1.42 bits per heavy atom. The molecule has 0 radical (unpaired) electrons. The van der Waals surface area contributed by atoms with E-state index in [0.717, 1.165) is 13.1 Å². The zero-order chi connectivity index (χ0) is 14.0. The molecule has 0 aromatic heterocycles. The number of hydrogen-bond acceptors (Lipinski definition) is 2. The van der Waals surface area contributed by atoms with Crippen LogP contribution in [0, 0.1) is 28.5 Å². The fourth-order valence-electron chi connectivity index (χ4n) is 2.69. The van der Waals surface area contributed by atoms with E-state index in [1.807, 2.05) is 0 Å². The molecule has 1 atom stereocenters. The third-order valence-electron chi connectivity index (χ3n) is 4.07. The lowest BCUT2D eigenvalue weighted by atomic mass is 9.80. The van der Waals surface area contributed by atoms with Crippen LogP contribution in [-0.4, -0.2) is 18.0 Å². The number of benzene rings is 1. The molecule has 1 aromatic rings. The van der Waals surface area contributed by atoms with E-state index in [1.165, 1.54) is 18.6 Å². The van der Waals surface area contributed by atoms with Gasteiger partial charge >= 0.3 is 0 Å². The highest BCUT2D eigenvalue weighted by Crippen LogP contribution is 2.34. The Kier molecular flexibility index (Phi) is 3.91. The van der Waals surface area contributed by atoms with Crippen molar-refractivity contribution < 1.29 is 4.39 Å². The summed E-state index contributed by atoms with van der Waals surface area (Å²) in [7, 11) is 0. The topological polar surface area (TPSA) is 27.0 Å². The van der Waals surface area contributed by atoms with Crippen molar-refractivity contribution in [3.05, 3.63) is 35.1 Å². The summed E-state index contributed by atoms with van der Waals surface area (Å²) < 4.78 is 13.8. The molecular weight excluding hydrogens is 239 g/mol. The second-order valence-electron chi connectivity index (χ2n) is 6.50. The van der Waals surface area contributed by atoms with Crippen LogP contribution in [0.25, 0.3) is 0 Å². The average molecular weight is 260 g/mol. The minimum Gasteiger partial charge on any atom is -0.299 e. The molecule has 1 aromatic carbocycles. The van der Waals surface area contributed by atoms with Gasteiger partial charge in [-0.15, -0.1) is 0 Å². The summed E-state index contributed by atoms with van der Waals surface area (Å²) in [6.45, 7) is 9.42. The maximum Gasteiger partial charge on any atom is 0.127 e. The number of nitrogens with zero attached hydrogens (tertiary/aromatic N) is 2. The molecule has 0 spiro atoms. The molecule has 0 bridgehead atoms. The molecule has 0 N–H and O–H groups in total. The van der Waals surface area contributed by atoms with Crippen LogP contribution < -0.4 is 0 Å². The summed E-state index contributed by atoms with van der Waals surface area (Å²) in [6.07, 6.45) is 1.17. The molecule has 1 aliphatic heterocycles. The van der Waals surface area contributed by atoms with Gasteiger partial charge in [0.05, 0.1) is 11.6 Å². The monoisotopic (exact) mass is 260 g/mol. The number of halogens is 1. The zero-order valence-corrected chi connectivity index (χ0v) is 11.9. The smallest absolute Gasteiger partial charge is 0.127 e. The molecule has 2 nitrogen and oxygen atoms in total. The second kappa shape index (κ2) is 5.30. The van der Waals surface area contributed by atoms with E-state index in [4.69, 9.17) is 5.26 Å². The molecule has 1 saturated heterocycles. The third-order valence-corrected chi connectivity index (χ3v) is 4.07. The summed E-state index contributed by atoms with van der Waals surface area (Å²) >= 11 is 0. The Bertz CT molecular complexity index is 496. The Morgan fingerprint density at radius 3 is 2.74 bits per heavy atom. The predicted molar refractivity (Wildman–Crippen MR) is 74.0 cm³/mol. The average Bonchev–Trinajstić information content (AvgIpc) is 2.80. The lowest BCUT2D eigenvalue weighted by Crippen LogP contribution is -2.26. The van der Waals surface area contributed by atoms with Crippen molar-refractivity contribution in [2.75, 3.05) is 13.1 Å². The minimum atomic E-state index is -0.210. The summed E-state index contributed by atoms with van der Waals surface area (Å²) in [5.74, 6) is 0.452. The van der Waals surface area contributed by atoms with Crippen molar-refractivity contribution in [2.45, 2.75) is 33.7 Å². The summed E-state index contributed by atoms with van der Waals surface area (Å²) in [5, 5.41) is 8.88.